The average molecular weight is 306 g/mol. The Labute approximate surface area is 127 Å². The maximum Gasteiger partial charge on any atom is 0.573 e. The zero-order valence-corrected chi connectivity index (χ0v) is 12.3. The maximum atomic E-state index is 12.3. The van der Waals surface area contributed by atoms with Crippen molar-refractivity contribution in [3.05, 3.63) is 53.1 Å². The molecule has 1 aliphatic rings. The zero-order valence-electron chi connectivity index (χ0n) is 12.3. The number of ether oxygens (including phenoxy) is 1. The van der Waals surface area contributed by atoms with Crippen LogP contribution in [0.3, 0.4) is 0 Å². The summed E-state index contributed by atoms with van der Waals surface area (Å²) in [4.78, 5) is 0. The van der Waals surface area contributed by atoms with Crippen LogP contribution in [0.5, 0.6) is 5.75 Å². The first kappa shape index (κ1) is 14.9. The summed E-state index contributed by atoms with van der Waals surface area (Å²) in [5, 5.41) is 0. The van der Waals surface area contributed by atoms with Gasteiger partial charge in [-0.2, -0.15) is 0 Å². The van der Waals surface area contributed by atoms with Crippen LogP contribution in [0.1, 0.15) is 30.0 Å². The van der Waals surface area contributed by atoms with Gasteiger partial charge in [0.05, 0.1) is 0 Å². The number of aryl methyl sites for hydroxylation is 3. The van der Waals surface area contributed by atoms with Gasteiger partial charge in [-0.3, -0.25) is 0 Å². The van der Waals surface area contributed by atoms with Gasteiger partial charge < -0.3 is 4.74 Å². The van der Waals surface area contributed by atoms with Crippen LogP contribution in [0.15, 0.2) is 36.4 Å². The Morgan fingerprint density at radius 2 is 1.59 bits per heavy atom. The SMILES string of the molecule is CCCc1ccc2c(c1)CCc1cc(OC(F)(F)F)ccc1-2. The van der Waals surface area contributed by atoms with Crippen molar-refractivity contribution in [2.24, 2.45) is 0 Å². The highest BCUT2D eigenvalue weighted by Gasteiger charge is 2.31. The third-order valence-electron chi connectivity index (χ3n) is 3.97. The molecule has 0 heterocycles. The summed E-state index contributed by atoms with van der Waals surface area (Å²) in [6, 6.07) is 11.0. The smallest absolute Gasteiger partial charge is 0.406 e. The topological polar surface area (TPSA) is 9.23 Å². The van der Waals surface area contributed by atoms with Crippen LogP contribution in [-0.4, -0.2) is 6.36 Å². The molecule has 1 aliphatic carbocycles. The molecule has 0 saturated carbocycles. The molecule has 0 amide bonds. The number of alkyl halides is 3. The second-order valence-electron chi connectivity index (χ2n) is 5.61. The van der Waals surface area contributed by atoms with Crippen LogP contribution >= 0.6 is 0 Å². The van der Waals surface area contributed by atoms with Crippen LogP contribution < -0.4 is 4.74 Å². The maximum absolute atomic E-state index is 12.3. The lowest BCUT2D eigenvalue weighted by Crippen LogP contribution is -2.17. The minimum Gasteiger partial charge on any atom is -0.406 e. The van der Waals surface area contributed by atoms with Crippen LogP contribution in [0.25, 0.3) is 11.1 Å². The van der Waals surface area contributed by atoms with Crippen molar-refractivity contribution in [1.29, 1.82) is 0 Å². The molecule has 0 fully saturated rings. The molecule has 0 saturated heterocycles. The van der Waals surface area contributed by atoms with Crippen molar-refractivity contribution in [3.63, 3.8) is 0 Å². The highest BCUT2D eigenvalue weighted by molar-refractivity contribution is 5.74. The molecule has 0 aromatic heterocycles. The Morgan fingerprint density at radius 1 is 0.955 bits per heavy atom. The normalized spacial score (nSPS) is 13.5. The molecule has 2 aromatic carbocycles. The van der Waals surface area contributed by atoms with Crippen molar-refractivity contribution in [2.45, 2.75) is 39.0 Å². The summed E-state index contributed by atoms with van der Waals surface area (Å²) < 4.78 is 40.9. The predicted molar refractivity (Wildman–Crippen MR) is 80.0 cm³/mol. The Kier molecular flexibility index (Phi) is 3.85. The summed E-state index contributed by atoms with van der Waals surface area (Å²) in [5.41, 5.74) is 5.65. The van der Waals surface area contributed by atoms with Crippen molar-refractivity contribution in [1.82, 2.24) is 0 Å². The molecule has 22 heavy (non-hydrogen) atoms. The number of rotatable bonds is 3. The van der Waals surface area contributed by atoms with Crippen molar-refractivity contribution in [2.75, 3.05) is 0 Å². The van der Waals surface area contributed by atoms with E-state index in [4.69, 9.17) is 0 Å². The lowest BCUT2D eigenvalue weighted by atomic mass is 9.84. The Balaban J connectivity index is 1.94. The molecular formula is C18H17F3O. The largest absolute Gasteiger partial charge is 0.573 e. The lowest BCUT2D eigenvalue weighted by Gasteiger charge is -2.21. The third-order valence-corrected chi connectivity index (χ3v) is 3.97. The Hall–Kier alpha value is -1.97. The number of benzene rings is 2. The molecule has 0 aliphatic heterocycles. The summed E-state index contributed by atoms with van der Waals surface area (Å²) in [7, 11) is 0. The molecule has 1 nitrogen and oxygen atoms in total. The zero-order chi connectivity index (χ0) is 15.7. The molecule has 2 aromatic rings. The summed E-state index contributed by atoms with van der Waals surface area (Å²) >= 11 is 0. The van der Waals surface area contributed by atoms with E-state index in [0.717, 1.165) is 42.4 Å². The minimum atomic E-state index is -4.64. The van der Waals surface area contributed by atoms with Crippen LogP contribution in [-0.2, 0) is 19.3 Å². The van der Waals surface area contributed by atoms with E-state index >= 15 is 0 Å². The summed E-state index contributed by atoms with van der Waals surface area (Å²) in [6.45, 7) is 2.15. The van der Waals surface area contributed by atoms with Gasteiger partial charge in [0.25, 0.3) is 0 Å². The quantitative estimate of drug-likeness (QED) is 0.747. The molecule has 0 atom stereocenters. The van der Waals surface area contributed by atoms with Gasteiger partial charge in [0.15, 0.2) is 0 Å². The van der Waals surface area contributed by atoms with Crippen LogP contribution in [0.4, 0.5) is 13.2 Å². The second kappa shape index (κ2) is 5.67. The predicted octanol–water partition coefficient (Wildman–Crippen LogP) is 5.30. The molecule has 116 valence electrons. The number of hydrogen-bond acceptors (Lipinski definition) is 1. The van der Waals surface area contributed by atoms with Gasteiger partial charge in [0.2, 0.25) is 0 Å². The molecule has 3 rings (SSSR count). The average Bonchev–Trinajstić information content (AvgIpc) is 2.45. The first-order valence-corrected chi connectivity index (χ1v) is 7.47. The summed E-state index contributed by atoms with van der Waals surface area (Å²) in [6.07, 6.45) is -0.885. The van der Waals surface area contributed by atoms with E-state index in [0.29, 0.717) is 0 Å². The van der Waals surface area contributed by atoms with Crippen LogP contribution in [0.2, 0.25) is 0 Å². The fourth-order valence-corrected chi connectivity index (χ4v) is 3.07. The van der Waals surface area contributed by atoms with Gasteiger partial charge in [-0.1, -0.05) is 37.6 Å². The Morgan fingerprint density at radius 3 is 2.23 bits per heavy atom. The highest BCUT2D eigenvalue weighted by atomic mass is 19.4. The minimum absolute atomic E-state index is 0.141. The summed E-state index contributed by atoms with van der Waals surface area (Å²) in [5.74, 6) is -0.141. The molecular weight excluding hydrogens is 289 g/mol. The van der Waals surface area contributed by atoms with Crippen molar-refractivity contribution in [3.8, 4) is 16.9 Å². The standard InChI is InChI=1S/C18H17F3O/c1-2-3-12-4-8-16-13(10-12)5-6-14-11-15(7-9-17(14)16)22-18(19,20)21/h4,7-11H,2-3,5-6H2,1H3. The molecule has 4 heteroatoms. The molecule has 0 spiro atoms. The molecule has 0 unspecified atom stereocenters. The van der Waals surface area contributed by atoms with Crippen molar-refractivity contribution >= 4 is 0 Å². The number of fused-ring (bicyclic) bond motifs is 3. The number of halogens is 3. The second-order valence-corrected chi connectivity index (χ2v) is 5.61. The number of hydrogen-bond donors (Lipinski definition) is 0. The van der Waals surface area contributed by atoms with E-state index in [-0.39, 0.29) is 5.75 Å². The molecule has 0 N–H and O–H groups in total. The van der Waals surface area contributed by atoms with E-state index in [1.54, 1.807) is 6.07 Å². The van der Waals surface area contributed by atoms with Crippen LogP contribution in [0, 0.1) is 0 Å². The molecule has 0 radical (unpaired) electrons. The fraction of sp³-hybridized carbons (Fsp3) is 0.333. The fourth-order valence-electron chi connectivity index (χ4n) is 3.07. The monoisotopic (exact) mass is 306 g/mol. The van der Waals surface area contributed by atoms with E-state index < -0.39 is 6.36 Å². The van der Waals surface area contributed by atoms with Gasteiger partial charge in [-0.05, 0) is 59.2 Å². The van der Waals surface area contributed by atoms with Gasteiger partial charge in [-0.25, -0.2) is 0 Å². The van der Waals surface area contributed by atoms with Gasteiger partial charge in [-0.15, -0.1) is 13.2 Å². The highest BCUT2D eigenvalue weighted by Crippen LogP contribution is 2.37. The van der Waals surface area contributed by atoms with E-state index in [9.17, 15) is 13.2 Å². The van der Waals surface area contributed by atoms with Gasteiger partial charge in [0, 0.05) is 0 Å². The lowest BCUT2D eigenvalue weighted by molar-refractivity contribution is -0.274. The van der Waals surface area contributed by atoms with Gasteiger partial charge >= 0.3 is 6.36 Å². The first-order chi connectivity index (χ1) is 10.5. The van der Waals surface area contributed by atoms with E-state index in [2.05, 4.69) is 29.9 Å². The third kappa shape index (κ3) is 3.11. The molecule has 0 bridgehead atoms. The Bertz CT molecular complexity index is 689. The van der Waals surface area contributed by atoms with Gasteiger partial charge in [0.1, 0.15) is 5.75 Å². The van der Waals surface area contributed by atoms with E-state index in [1.807, 2.05) is 0 Å². The van der Waals surface area contributed by atoms with E-state index in [1.165, 1.54) is 23.3 Å². The van der Waals surface area contributed by atoms with Crippen molar-refractivity contribution < 1.29 is 17.9 Å². The first-order valence-electron chi connectivity index (χ1n) is 7.47.